The summed E-state index contributed by atoms with van der Waals surface area (Å²) in [5.41, 5.74) is 2.60. The zero-order valence-corrected chi connectivity index (χ0v) is 12.7. The van der Waals surface area contributed by atoms with Crippen LogP contribution in [0.3, 0.4) is 0 Å². The van der Waals surface area contributed by atoms with Crippen molar-refractivity contribution in [3.63, 3.8) is 0 Å². The van der Waals surface area contributed by atoms with Crippen molar-refractivity contribution in [2.24, 2.45) is 11.8 Å². The van der Waals surface area contributed by atoms with Crippen LogP contribution in [0.15, 0.2) is 60.7 Å². The number of benzene rings is 2. The van der Waals surface area contributed by atoms with Crippen molar-refractivity contribution in [3.8, 4) is 0 Å². The number of aliphatic hydroxyl groups is 1. The Bertz CT molecular complexity index is 559. The molecule has 2 nitrogen and oxygen atoms in total. The molecule has 2 fully saturated rings. The fourth-order valence-electron chi connectivity index (χ4n) is 4.42. The molecule has 2 aromatic rings. The number of fused-ring (bicyclic) bond motifs is 2. The van der Waals surface area contributed by atoms with E-state index in [1.807, 2.05) is 0 Å². The number of hydrogen-bond acceptors (Lipinski definition) is 2. The molecule has 1 saturated carbocycles. The van der Waals surface area contributed by atoms with E-state index < -0.39 is 0 Å². The van der Waals surface area contributed by atoms with Gasteiger partial charge < -0.3 is 10.4 Å². The van der Waals surface area contributed by atoms with Crippen LogP contribution in [-0.2, 0) is 0 Å². The van der Waals surface area contributed by atoms with Crippen molar-refractivity contribution in [1.29, 1.82) is 0 Å². The van der Waals surface area contributed by atoms with E-state index in [2.05, 4.69) is 66.0 Å². The topological polar surface area (TPSA) is 32.3 Å². The first-order chi connectivity index (χ1) is 10.8. The molecule has 1 heterocycles. The minimum absolute atomic E-state index is 0.203. The van der Waals surface area contributed by atoms with Crippen LogP contribution >= 0.6 is 0 Å². The highest BCUT2D eigenvalue weighted by molar-refractivity contribution is 5.27. The first-order valence-corrected chi connectivity index (χ1v) is 8.38. The lowest BCUT2D eigenvalue weighted by Gasteiger charge is -2.50. The molecule has 0 spiro atoms. The van der Waals surface area contributed by atoms with Crippen molar-refractivity contribution >= 4 is 0 Å². The van der Waals surface area contributed by atoms with Crippen LogP contribution in [0.2, 0.25) is 0 Å². The Morgan fingerprint density at radius 3 is 1.64 bits per heavy atom. The number of nitrogens with one attached hydrogen (secondary N) is 1. The molecule has 0 aromatic heterocycles. The van der Waals surface area contributed by atoms with Crippen LogP contribution in [0, 0.1) is 11.8 Å². The summed E-state index contributed by atoms with van der Waals surface area (Å²) in [7, 11) is 0. The molecule has 4 rings (SSSR count). The van der Waals surface area contributed by atoms with Gasteiger partial charge in [-0.25, -0.2) is 0 Å². The Kier molecular flexibility index (Phi) is 3.73. The SMILES string of the molecule is OC1[C@H]2CCC[C@H]1[C@H](c1ccccc1)N[C@H]2c1ccccc1. The summed E-state index contributed by atoms with van der Waals surface area (Å²) < 4.78 is 0. The molecule has 22 heavy (non-hydrogen) atoms. The molecule has 114 valence electrons. The molecule has 4 atom stereocenters. The van der Waals surface area contributed by atoms with E-state index in [9.17, 15) is 5.11 Å². The summed E-state index contributed by atoms with van der Waals surface area (Å²) in [4.78, 5) is 0. The third-order valence-electron chi connectivity index (χ3n) is 5.49. The van der Waals surface area contributed by atoms with Crippen LogP contribution in [-0.4, -0.2) is 11.2 Å². The molecule has 2 N–H and O–H groups in total. The summed E-state index contributed by atoms with van der Waals surface area (Å²) in [6.45, 7) is 0. The molecule has 1 saturated heterocycles. The predicted octanol–water partition coefficient (Wildman–Crippen LogP) is 3.85. The van der Waals surface area contributed by atoms with E-state index in [0.717, 1.165) is 12.8 Å². The Hall–Kier alpha value is -1.64. The van der Waals surface area contributed by atoms with E-state index in [4.69, 9.17) is 0 Å². The quantitative estimate of drug-likeness (QED) is 0.881. The van der Waals surface area contributed by atoms with Gasteiger partial charge in [0.05, 0.1) is 6.10 Å². The maximum atomic E-state index is 10.9. The molecule has 2 aliphatic rings. The molecule has 2 bridgehead atoms. The zero-order chi connectivity index (χ0) is 14.9. The zero-order valence-electron chi connectivity index (χ0n) is 12.7. The fraction of sp³-hybridized carbons (Fsp3) is 0.400. The highest BCUT2D eigenvalue weighted by Gasteiger charge is 2.46. The van der Waals surface area contributed by atoms with Gasteiger partial charge in [-0.2, -0.15) is 0 Å². The van der Waals surface area contributed by atoms with E-state index >= 15 is 0 Å². The summed E-state index contributed by atoms with van der Waals surface area (Å²) in [5, 5.41) is 14.8. The third kappa shape index (κ3) is 2.37. The first-order valence-electron chi connectivity index (χ1n) is 8.38. The van der Waals surface area contributed by atoms with E-state index in [1.165, 1.54) is 17.5 Å². The molecular formula is C20H23NO. The van der Waals surface area contributed by atoms with Gasteiger partial charge in [0.2, 0.25) is 0 Å². The summed E-state index contributed by atoms with van der Waals surface area (Å²) in [6.07, 6.45) is 3.25. The second kappa shape index (κ2) is 5.86. The average Bonchev–Trinajstić information content (AvgIpc) is 2.57. The van der Waals surface area contributed by atoms with E-state index in [1.54, 1.807) is 0 Å². The normalized spacial score (nSPS) is 34.3. The second-order valence-electron chi connectivity index (χ2n) is 6.69. The molecule has 1 aliphatic heterocycles. The number of piperidine rings is 1. The van der Waals surface area contributed by atoms with Crippen molar-refractivity contribution in [2.75, 3.05) is 0 Å². The van der Waals surface area contributed by atoms with Crippen LogP contribution in [0.1, 0.15) is 42.5 Å². The monoisotopic (exact) mass is 293 g/mol. The van der Waals surface area contributed by atoms with Gasteiger partial charge >= 0.3 is 0 Å². The lowest BCUT2D eigenvalue weighted by Crippen LogP contribution is -2.52. The first kappa shape index (κ1) is 14.0. The Morgan fingerprint density at radius 1 is 0.727 bits per heavy atom. The highest BCUT2D eigenvalue weighted by atomic mass is 16.3. The minimum Gasteiger partial charge on any atom is -0.392 e. The van der Waals surface area contributed by atoms with Crippen LogP contribution in [0.4, 0.5) is 0 Å². The minimum atomic E-state index is -0.203. The van der Waals surface area contributed by atoms with Gasteiger partial charge in [0.15, 0.2) is 0 Å². The molecule has 0 amide bonds. The average molecular weight is 293 g/mol. The largest absolute Gasteiger partial charge is 0.392 e. The van der Waals surface area contributed by atoms with E-state index in [0.29, 0.717) is 11.8 Å². The Morgan fingerprint density at radius 2 is 1.18 bits per heavy atom. The van der Waals surface area contributed by atoms with Crippen molar-refractivity contribution in [3.05, 3.63) is 71.8 Å². The van der Waals surface area contributed by atoms with Crippen molar-refractivity contribution in [2.45, 2.75) is 37.5 Å². The lowest BCUT2D eigenvalue weighted by molar-refractivity contribution is -0.0517. The molecule has 0 unspecified atom stereocenters. The van der Waals surface area contributed by atoms with Gasteiger partial charge in [-0.15, -0.1) is 0 Å². The number of hydrogen-bond donors (Lipinski definition) is 2. The highest BCUT2D eigenvalue weighted by Crippen LogP contribution is 2.47. The predicted molar refractivity (Wildman–Crippen MR) is 88.3 cm³/mol. The maximum absolute atomic E-state index is 10.9. The van der Waals surface area contributed by atoms with Crippen molar-refractivity contribution in [1.82, 2.24) is 5.32 Å². The third-order valence-corrected chi connectivity index (χ3v) is 5.49. The molecule has 0 radical (unpaired) electrons. The number of rotatable bonds is 2. The molecule has 1 aliphatic carbocycles. The van der Waals surface area contributed by atoms with Gasteiger partial charge in [0, 0.05) is 23.9 Å². The van der Waals surface area contributed by atoms with Gasteiger partial charge in [-0.05, 0) is 24.0 Å². The molecule has 2 heteroatoms. The summed E-state index contributed by atoms with van der Waals surface area (Å²) in [6, 6.07) is 21.7. The van der Waals surface area contributed by atoms with Crippen LogP contribution in [0.25, 0.3) is 0 Å². The van der Waals surface area contributed by atoms with Gasteiger partial charge in [0.25, 0.3) is 0 Å². The van der Waals surface area contributed by atoms with Crippen molar-refractivity contribution < 1.29 is 5.11 Å². The summed E-state index contributed by atoms with van der Waals surface area (Å²) in [5.74, 6) is 0.669. The fourth-order valence-corrected chi connectivity index (χ4v) is 4.42. The standard InChI is InChI=1S/C20H23NO/c22-20-16-12-7-13-17(20)19(15-10-5-2-6-11-15)21-18(16)14-8-3-1-4-9-14/h1-6,8-11,16-22H,7,12-13H2/t16-,17-,18-,19-/m0/s1. The Labute approximate surface area is 132 Å². The van der Waals surface area contributed by atoms with Gasteiger partial charge in [0.1, 0.15) is 0 Å². The number of aliphatic hydroxyl groups excluding tert-OH is 1. The smallest absolute Gasteiger partial charge is 0.0632 e. The Balaban J connectivity index is 1.71. The maximum Gasteiger partial charge on any atom is 0.0632 e. The molecular weight excluding hydrogens is 270 g/mol. The van der Waals surface area contributed by atoms with Gasteiger partial charge in [-0.1, -0.05) is 67.1 Å². The van der Waals surface area contributed by atoms with Crippen LogP contribution < -0.4 is 5.32 Å². The second-order valence-corrected chi connectivity index (χ2v) is 6.69. The molecule has 2 aromatic carbocycles. The lowest BCUT2D eigenvalue weighted by atomic mass is 9.66. The summed E-state index contributed by atoms with van der Waals surface area (Å²) >= 11 is 0. The van der Waals surface area contributed by atoms with Crippen LogP contribution in [0.5, 0.6) is 0 Å². The van der Waals surface area contributed by atoms with Gasteiger partial charge in [-0.3, -0.25) is 0 Å². The van der Waals surface area contributed by atoms with E-state index in [-0.39, 0.29) is 18.2 Å².